The minimum absolute atomic E-state index is 0.0200. The van der Waals surface area contributed by atoms with Gasteiger partial charge in [-0.3, -0.25) is 4.99 Å². The lowest BCUT2D eigenvalue weighted by Crippen LogP contribution is -2.41. The van der Waals surface area contributed by atoms with E-state index in [0.717, 1.165) is 16.8 Å². The van der Waals surface area contributed by atoms with E-state index >= 15 is 0 Å². The van der Waals surface area contributed by atoms with Gasteiger partial charge in [0.1, 0.15) is 6.61 Å². The molecule has 1 aliphatic rings. The summed E-state index contributed by atoms with van der Waals surface area (Å²) in [6, 6.07) is 23.1. The Bertz CT molecular complexity index is 1550. The molecule has 3 aromatic carbocycles. The fraction of sp³-hybridized carbons (Fsp3) is 0.185. The molecule has 0 aliphatic carbocycles. The van der Waals surface area contributed by atoms with Crippen molar-refractivity contribution >= 4 is 33.3 Å². The summed E-state index contributed by atoms with van der Waals surface area (Å²) in [6.45, 7) is 0.241. The van der Waals surface area contributed by atoms with E-state index in [1.165, 1.54) is 19.2 Å². The Morgan fingerprint density at radius 2 is 1.85 bits per heavy atom. The van der Waals surface area contributed by atoms with Crippen molar-refractivity contribution in [1.82, 2.24) is 9.73 Å². The van der Waals surface area contributed by atoms with Gasteiger partial charge < -0.3 is 4.84 Å². The van der Waals surface area contributed by atoms with Crippen LogP contribution in [0.2, 0.25) is 5.02 Å². The summed E-state index contributed by atoms with van der Waals surface area (Å²) >= 11 is 6.08. The van der Waals surface area contributed by atoms with E-state index < -0.39 is 15.1 Å². The zero-order valence-electron chi connectivity index (χ0n) is 20.8. The van der Waals surface area contributed by atoms with Crippen LogP contribution in [-0.4, -0.2) is 50.4 Å². The van der Waals surface area contributed by atoms with Gasteiger partial charge in [0.25, 0.3) is 15.1 Å². The van der Waals surface area contributed by atoms with Crippen molar-refractivity contribution < 1.29 is 18.3 Å². The summed E-state index contributed by atoms with van der Waals surface area (Å²) in [5.41, 5.74) is 3.23. The highest BCUT2D eigenvalue weighted by Crippen LogP contribution is 2.29. The molecule has 39 heavy (non-hydrogen) atoms. The maximum atomic E-state index is 13.2. The van der Waals surface area contributed by atoms with Crippen molar-refractivity contribution in [2.75, 3.05) is 20.2 Å². The SMILES string of the molecule is CN=C(NS(=O)(=O)c1ccc(C#CCCO[N+](=O)[O-])cc1)N1C[C@@H](c2ccccc2)C(c2ccc(Cl)cc2)=N1. The Kier molecular flexibility index (Phi) is 8.81. The average Bonchev–Trinajstić information content (AvgIpc) is 3.38. The van der Waals surface area contributed by atoms with Crippen molar-refractivity contribution in [2.24, 2.45) is 10.1 Å². The number of hydrogen-bond acceptors (Lipinski definition) is 7. The first-order valence-electron chi connectivity index (χ1n) is 11.8. The van der Waals surface area contributed by atoms with Crippen LogP contribution in [0.1, 0.15) is 29.0 Å². The number of hydrazone groups is 1. The van der Waals surface area contributed by atoms with Gasteiger partial charge in [0.15, 0.2) is 0 Å². The van der Waals surface area contributed by atoms with Crippen LogP contribution in [0.25, 0.3) is 0 Å². The van der Waals surface area contributed by atoms with E-state index in [0.29, 0.717) is 17.1 Å². The summed E-state index contributed by atoms with van der Waals surface area (Å²) in [5.74, 6) is 5.51. The average molecular weight is 566 g/mol. The van der Waals surface area contributed by atoms with E-state index in [1.54, 1.807) is 29.3 Å². The number of halogens is 1. The van der Waals surface area contributed by atoms with Gasteiger partial charge in [0.05, 0.1) is 17.2 Å². The molecule has 0 unspecified atom stereocenters. The number of aliphatic imine (C=N–C) groups is 1. The van der Waals surface area contributed by atoms with Gasteiger partial charge in [-0.15, -0.1) is 10.1 Å². The molecule has 0 spiro atoms. The van der Waals surface area contributed by atoms with Crippen molar-refractivity contribution in [3.8, 4) is 11.8 Å². The topological polar surface area (TPSA) is 126 Å². The smallest absolute Gasteiger partial charge is 0.294 e. The summed E-state index contributed by atoms with van der Waals surface area (Å²) in [4.78, 5) is 18.6. The predicted molar refractivity (Wildman–Crippen MR) is 148 cm³/mol. The molecular formula is C27H24ClN5O5S. The minimum Gasteiger partial charge on any atom is -0.313 e. The Labute approximate surface area is 231 Å². The molecule has 1 N–H and O–H groups in total. The van der Waals surface area contributed by atoms with Crippen molar-refractivity contribution in [2.45, 2.75) is 17.2 Å². The Hall–Kier alpha value is -4.40. The van der Waals surface area contributed by atoms with E-state index in [2.05, 4.69) is 26.4 Å². The number of nitrogens with zero attached hydrogens (tertiary/aromatic N) is 4. The van der Waals surface area contributed by atoms with E-state index in [-0.39, 0.29) is 29.8 Å². The third kappa shape index (κ3) is 7.13. The third-order valence-electron chi connectivity index (χ3n) is 5.76. The normalized spacial score (nSPS) is 15.2. The van der Waals surface area contributed by atoms with Crippen LogP contribution < -0.4 is 4.72 Å². The Balaban J connectivity index is 1.52. The van der Waals surface area contributed by atoms with Gasteiger partial charge in [-0.2, -0.15) is 5.10 Å². The summed E-state index contributed by atoms with van der Waals surface area (Å²) in [7, 11) is -2.49. The first-order chi connectivity index (χ1) is 18.8. The van der Waals surface area contributed by atoms with Gasteiger partial charge in [-0.25, -0.2) is 18.1 Å². The minimum atomic E-state index is -3.99. The van der Waals surface area contributed by atoms with Crippen LogP contribution in [0.4, 0.5) is 0 Å². The van der Waals surface area contributed by atoms with E-state index in [1.807, 2.05) is 42.5 Å². The molecule has 0 amide bonds. The number of benzene rings is 3. The van der Waals surface area contributed by atoms with Crippen LogP contribution in [-0.2, 0) is 14.9 Å². The van der Waals surface area contributed by atoms with Gasteiger partial charge in [-0.05, 0) is 47.5 Å². The maximum absolute atomic E-state index is 13.2. The maximum Gasteiger partial charge on any atom is 0.294 e. The highest BCUT2D eigenvalue weighted by molar-refractivity contribution is 7.90. The molecule has 12 heteroatoms. The fourth-order valence-corrected chi connectivity index (χ4v) is 5.08. The van der Waals surface area contributed by atoms with Gasteiger partial charge in [-0.1, -0.05) is 65.9 Å². The molecular weight excluding hydrogens is 542 g/mol. The molecule has 10 nitrogen and oxygen atoms in total. The lowest BCUT2D eigenvalue weighted by atomic mass is 9.91. The predicted octanol–water partition coefficient (Wildman–Crippen LogP) is 4.06. The summed E-state index contributed by atoms with van der Waals surface area (Å²) in [6.07, 6.45) is 0.164. The van der Waals surface area contributed by atoms with Crippen LogP contribution in [0.3, 0.4) is 0 Å². The quantitative estimate of drug-likeness (QED) is 0.115. The van der Waals surface area contributed by atoms with Crippen LogP contribution >= 0.6 is 11.6 Å². The summed E-state index contributed by atoms with van der Waals surface area (Å²) < 4.78 is 28.9. The van der Waals surface area contributed by atoms with Gasteiger partial charge >= 0.3 is 0 Å². The monoisotopic (exact) mass is 565 g/mol. The molecule has 1 heterocycles. The number of rotatable bonds is 7. The highest BCUT2D eigenvalue weighted by Gasteiger charge is 2.32. The van der Waals surface area contributed by atoms with E-state index in [4.69, 9.17) is 16.7 Å². The molecule has 0 fully saturated rings. The van der Waals surface area contributed by atoms with Crippen LogP contribution in [0.15, 0.2) is 93.9 Å². The fourth-order valence-electron chi connectivity index (χ4n) is 3.91. The molecule has 0 saturated carbocycles. The van der Waals surface area contributed by atoms with Gasteiger partial charge in [0, 0.05) is 30.0 Å². The lowest BCUT2D eigenvalue weighted by Gasteiger charge is -2.19. The van der Waals surface area contributed by atoms with Crippen molar-refractivity contribution in [3.63, 3.8) is 0 Å². The number of hydrogen-bond donors (Lipinski definition) is 1. The molecule has 1 atom stereocenters. The first-order valence-corrected chi connectivity index (χ1v) is 13.7. The molecule has 4 rings (SSSR count). The number of nitrogens with one attached hydrogen (secondary N) is 1. The van der Waals surface area contributed by atoms with Crippen molar-refractivity contribution in [3.05, 3.63) is 111 Å². The highest BCUT2D eigenvalue weighted by atomic mass is 35.5. The zero-order chi connectivity index (χ0) is 27.8. The molecule has 0 radical (unpaired) electrons. The van der Waals surface area contributed by atoms with E-state index in [9.17, 15) is 18.5 Å². The first kappa shape index (κ1) is 27.6. The standard InChI is InChI=1S/C27H24ClN5O5S/c1-29-27(31-39(36,37)24-16-10-20(11-17-24)7-5-6-18-38-33(34)35)32-19-25(21-8-3-2-4-9-21)26(30-32)22-12-14-23(28)15-13-22/h2-4,8-17,25H,6,18-19H2,1H3,(H,29,31)/t25-/m0/s1. The molecule has 3 aromatic rings. The van der Waals surface area contributed by atoms with Crippen molar-refractivity contribution in [1.29, 1.82) is 0 Å². The second kappa shape index (κ2) is 12.4. The van der Waals surface area contributed by atoms with Crippen LogP contribution in [0.5, 0.6) is 0 Å². The number of guanidine groups is 1. The molecule has 200 valence electrons. The summed E-state index contributed by atoms with van der Waals surface area (Å²) in [5, 5.41) is 16.2. The molecule has 1 aliphatic heterocycles. The molecule has 0 bridgehead atoms. The molecule has 0 saturated heterocycles. The molecule has 0 aromatic heterocycles. The lowest BCUT2D eigenvalue weighted by molar-refractivity contribution is -0.757. The second-order valence-corrected chi connectivity index (χ2v) is 10.4. The third-order valence-corrected chi connectivity index (χ3v) is 7.36. The number of sulfonamides is 1. The van der Waals surface area contributed by atoms with Gasteiger partial charge in [0.2, 0.25) is 5.96 Å². The van der Waals surface area contributed by atoms with Crippen LogP contribution in [0, 0.1) is 22.0 Å². The Morgan fingerprint density at radius 3 is 2.49 bits per heavy atom. The second-order valence-electron chi connectivity index (χ2n) is 8.32. The zero-order valence-corrected chi connectivity index (χ0v) is 22.4. The Morgan fingerprint density at radius 1 is 1.15 bits per heavy atom. The largest absolute Gasteiger partial charge is 0.313 e.